The minimum atomic E-state index is -4.31. The normalized spacial score (nSPS) is 13.1. The molecule has 1 atom stereocenters. The quantitative estimate of drug-likeness (QED) is 0.395. The molecule has 1 N–H and O–H groups in total. The first-order valence-electron chi connectivity index (χ1n) is 8.93. The number of benzene rings is 3. The van der Waals surface area contributed by atoms with Gasteiger partial charge in [-0.25, -0.2) is 4.39 Å². The van der Waals surface area contributed by atoms with Gasteiger partial charge in [0.25, 0.3) is 0 Å². The minimum Gasteiger partial charge on any atom is -0.310 e. The van der Waals surface area contributed by atoms with Crippen molar-refractivity contribution in [3.63, 3.8) is 0 Å². The average molecular weight is 374 g/mol. The Hall–Kier alpha value is -2.40. The summed E-state index contributed by atoms with van der Waals surface area (Å²) in [5, 5.41) is 4.84. The maximum Gasteiger partial charge on any atom is 0.416 e. The van der Waals surface area contributed by atoms with E-state index in [1.165, 1.54) is 18.2 Å². The van der Waals surface area contributed by atoms with E-state index in [0.29, 0.717) is 30.3 Å². The Morgan fingerprint density at radius 3 is 2.41 bits per heavy atom. The number of aryl methyl sites for hydroxylation is 1. The Morgan fingerprint density at radius 2 is 1.67 bits per heavy atom. The Kier molecular flexibility index (Phi) is 5.80. The average Bonchev–Trinajstić information content (AvgIpc) is 2.65. The lowest BCUT2D eigenvalue weighted by atomic mass is 9.99. The Labute approximate surface area is 156 Å². The summed E-state index contributed by atoms with van der Waals surface area (Å²) in [4.78, 5) is 0. The van der Waals surface area contributed by atoms with Crippen LogP contribution in [-0.4, -0.2) is 6.54 Å². The molecule has 5 heteroatoms. The van der Waals surface area contributed by atoms with Crippen LogP contribution in [0.4, 0.5) is 17.6 Å². The summed E-state index contributed by atoms with van der Waals surface area (Å²) in [6.07, 6.45) is -3.04. The van der Waals surface area contributed by atoms with Crippen molar-refractivity contribution in [3.05, 3.63) is 83.2 Å². The van der Waals surface area contributed by atoms with Gasteiger partial charge in [0, 0.05) is 11.4 Å². The highest BCUT2D eigenvalue weighted by Gasteiger charge is 2.30. The number of halogens is 4. The van der Waals surface area contributed by atoms with Crippen molar-refractivity contribution in [1.82, 2.24) is 5.32 Å². The van der Waals surface area contributed by atoms with Crippen LogP contribution in [-0.2, 0) is 12.6 Å². The topological polar surface area (TPSA) is 12.0 Å². The maximum absolute atomic E-state index is 13.9. The van der Waals surface area contributed by atoms with Gasteiger partial charge in [0.15, 0.2) is 0 Å². The molecule has 3 aromatic rings. The second kappa shape index (κ2) is 8.09. The molecule has 0 bridgehead atoms. The maximum atomic E-state index is 13.9. The van der Waals surface area contributed by atoms with E-state index in [4.69, 9.17) is 0 Å². The number of hydrogen-bond donors (Lipinski definition) is 1. The van der Waals surface area contributed by atoms with Crippen LogP contribution >= 0.6 is 0 Å². The summed E-state index contributed by atoms with van der Waals surface area (Å²) in [5.41, 5.74) is 1.07. The molecule has 0 fully saturated rings. The lowest BCUT2D eigenvalue weighted by Gasteiger charge is -2.17. The monoisotopic (exact) mass is 374 g/mol. The van der Waals surface area contributed by atoms with Gasteiger partial charge in [-0.1, -0.05) is 48.5 Å². The van der Waals surface area contributed by atoms with E-state index in [0.717, 1.165) is 17.0 Å². The first-order chi connectivity index (χ1) is 12.9. The lowest BCUT2D eigenvalue weighted by Crippen LogP contribution is -2.20. The number of alkyl halides is 3. The third-order valence-electron chi connectivity index (χ3n) is 4.72. The van der Waals surface area contributed by atoms with Gasteiger partial charge in [0.1, 0.15) is 5.82 Å². The van der Waals surface area contributed by atoms with Crippen molar-refractivity contribution in [2.75, 3.05) is 6.54 Å². The third-order valence-corrected chi connectivity index (χ3v) is 4.72. The van der Waals surface area contributed by atoms with Crippen LogP contribution in [0.1, 0.15) is 36.1 Å². The zero-order chi connectivity index (χ0) is 19.4. The minimum absolute atomic E-state index is 0.0111. The molecule has 0 aliphatic rings. The molecule has 1 nitrogen and oxygen atoms in total. The fraction of sp³-hybridized carbons (Fsp3) is 0.273. The van der Waals surface area contributed by atoms with Gasteiger partial charge in [0.05, 0.1) is 5.56 Å². The van der Waals surface area contributed by atoms with Gasteiger partial charge >= 0.3 is 6.18 Å². The number of rotatable bonds is 6. The lowest BCUT2D eigenvalue weighted by molar-refractivity contribution is -0.137. The molecular weight excluding hydrogens is 353 g/mol. The zero-order valence-corrected chi connectivity index (χ0v) is 15.0. The van der Waals surface area contributed by atoms with E-state index in [1.807, 2.05) is 25.1 Å². The fourth-order valence-electron chi connectivity index (χ4n) is 3.29. The fourth-order valence-corrected chi connectivity index (χ4v) is 3.29. The predicted octanol–water partition coefficient (Wildman–Crippen LogP) is 6.28. The first-order valence-corrected chi connectivity index (χ1v) is 8.93. The molecule has 3 aromatic carbocycles. The van der Waals surface area contributed by atoms with Gasteiger partial charge in [-0.2, -0.15) is 13.2 Å². The van der Waals surface area contributed by atoms with Crippen molar-refractivity contribution in [2.24, 2.45) is 0 Å². The second-order valence-electron chi connectivity index (χ2n) is 6.66. The van der Waals surface area contributed by atoms with E-state index in [2.05, 4.69) is 5.32 Å². The molecule has 27 heavy (non-hydrogen) atoms. The second-order valence-corrected chi connectivity index (χ2v) is 6.66. The zero-order valence-electron chi connectivity index (χ0n) is 15.0. The van der Waals surface area contributed by atoms with E-state index in [9.17, 15) is 17.6 Å². The van der Waals surface area contributed by atoms with Gasteiger partial charge < -0.3 is 5.32 Å². The van der Waals surface area contributed by atoms with Crippen LogP contribution in [0.2, 0.25) is 0 Å². The summed E-state index contributed by atoms with van der Waals surface area (Å²) in [6, 6.07) is 16.1. The van der Waals surface area contributed by atoms with E-state index in [1.54, 1.807) is 18.2 Å². The van der Waals surface area contributed by atoms with Crippen LogP contribution in [0, 0.1) is 5.82 Å². The molecule has 0 saturated heterocycles. The van der Waals surface area contributed by atoms with Crippen molar-refractivity contribution < 1.29 is 17.6 Å². The number of fused-ring (bicyclic) bond motifs is 1. The van der Waals surface area contributed by atoms with Crippen LogP contribution in [0.25, 0.3) is 10.8 Å². The van der Waals surface area contributed by atoms with Crippen molar-refractivity contribution in [3.8, 4) is 0 Å². The standard InChI is InChI=1S/C22H21F4N/c1-15(18-11-12-21(23)20-10-3-2-9-19(18)20)27-13-5-7-16-6-4-8-17(14-16)22(24,25)26/h2-4,6,8-12,14-15,27H,5,7,13H2,1H3/t15-/m1/s1/i23-1. The van der Waals surface area contributed by atoms with Crippen molar-refractivity contribution >= 4 is 10.8 Å². The molecular formula is C22H21F4N. The predicted molar refractivity (Wildman–Crippen MR) is 100 cm³/mol. The molecule has 0 radical (unpaired) electrons. The molecule has 0 saturated carbocycles. The van der Waals surface area contributed by atoms with E-state index >= 15 is 0 Å². The van der Waals surface area contributed by atoms with Crippen LogP contribution in [0.5, 0.6) is 0 Å². The van der Waals surface area contributed by atoms with E-state index in [-0.39, 0.29) is 11.9 Å². The summed E-state index contributed by atoms with van der Waals surface area (Å²) in [6.45, 7) is 2.66. The van der Waals surface area contributed by atoms with Crippen LogP contribution in [0.3, 0.4) is 0 Å². The summed E-state index contributed by atoms with van der Waals surface area (Å²) >= 11 is 0. The molecule has 142 valence electrons. The first kappa shape index (κ1) is 19.4. The van der Waals surface area contributed by atoms with Crippen molar-refractivity contribution in [2.45, 2.75) is 32.0 Å². The van der Waals surface area contributed by atoms with Gasteiger partial charge in [-0.05, 0) is 55.0 Å². The molecule has 3 rings (SSSR count). The van der Waals surface area contributed by atoms with Gasteiger partial charge in [-0.15, -0.1) is 0 Å². The third kappa shape index (κ3) is 4.66. The molecule has 0 aliphatic heterocycles. The highest BCUT2D eigenvalue weighted by Crippen LogP contribution is 2.30. The summed E-state index contributed by atoms with van der Waals surface area (Å²) in [7, 11) is 0. The summed E-state index contributed by atoms with van der Waals surface area (Å²) in [5.74, 6) is -0.244. The molecule has 0 unspecified atom stereocenters. The number of nitrogens with one attached hydrogen (secondary N) is 1. The number of hydrogen-bond acceptors (Lipinski definition) is 1. The smallest absolute Gasteiger partial charge is 0.310 e. The van der Waals surface area contributed by atoms with Crippen LogP contribution < -0.4 is 5.32 Å². The van der Waals surface area contributed by atoms with E-state index < -0.39 is 11.7 Å². The van der Waals surface area contributed by atoms with Gasteiger partial charge in [-0.3, -0.25) is 0 Å². The van der Waals surface area contributed by atoms with Gasteiger partial charge in [0.2, 0.25) is 0 Å². The Bertz CT molecular complexity index is 918. The molecule has 0 spiro atoms. The SMILES string of the molecule is C[C@@H](NCCCc1cccc(C(F)(F)F)c1)c1ccc([18F])c2ccccc12. The highest BCUT2D eigenvalue weighted by molar-refractivity contribution is 5.86. The molecule has 0 heterocycles. The van der Waals surface area contributed by atoms with Crippen molar-refractivity contribution in [1.29, 1.82) is 0 Å². The Balaban J connectivity index is 1.60. The largest absolute Gasteiger partial charge is 0.416 e. The molecule has 0 amide bonds. The van der Waals surface area contributed by atoms with Crippen LogP contribution in [0.15, 0.2) is 60.7 Å². The molecule has 0 aromatic heterocycles. The summed E-state index contributed by atoms with van der Waals surface area (Å²) < 4.78 is 52.2. The Morgan fingerprint density at radius 1 is 0.926 bits per heavy atom. The highest BCUT2D eigenvalue weighted by atomic mass is 19.4. The molecule has 0 aliphatic carbocycles.